The van der Waals surface area contributed by atoms with Crippen LogP contribution in [0.15, 0.2) is 41.0 Å². The van der Waals surface area contributed by atoms with Gasteiger partial charge in [-0.1, -0.05) is 6.07 Å². The van der Waals surface area contributed by atoms with E-state index in [4.69, 9.17) is 19.9 Å². The van der Waals surface area contributed by atoms with Crippen LogP contribution in [0.3, 0.4) is 0 Å². The Morgan fingerprint density at radius 3 is 2.75 bits per heavy atom. The van der Waals surface area contributed by atoms with E-state index in [9.17, 15) is 10.1 Å². The molecule has 0 bridgehead atoms. The van der Waals surface area contributed by atoms with Crippen LogP contribution >= 0.6 is 0 Å². The van der Waals surface area contributed by atoms with E-state index in [-0.39, 0.29) is 17.2 Å². The molecule has 0 aromatic heterocycles. The zero-order chi connectivity index (χ0) is 17.3. The molecule has 1 aromatic rings. The number of methoxy groups -OCH3 is 2. The van der Waals surface area contributed by atoms with Crippen molar-refractivity contribution in [2.45, 2.75) is 25.2 Å². The van der Waals surface area contributed by atoms with Crippen LogP contribution in [0.5, 0.6) is 11.5 Å². The molecule has 1 aliphatic heterocycles. The number of hydrogen-bond donors (Lipinski definition) is 1. The third-order valence-electron chi connectivity index (χ3n) is 4.36. The summed E-state index contributed by atoms with van der Waals surface area (Å²) in [5.41, 5.74) is 7.38. The van der Waals surface area contributed by atoms with Crippen LogP contribution < -0.4 is 15.2 Å². The number of carbonyl (C=O) groups excluding carboxylic acids is 1. The number of allylic oxidation sites excluding steroid dienone is 3. The van der Waals surface area contributed by atoms with Gasteiger partial charge in [-0.3, -0.25) is 4.79 Å². The number of Topliss-reactive ketones (excluding diaryl/α,β-unsaturated/α-hetero) is 1. The Balaban J connectivity index is 2.21. The first-order valence-corrected chi connectivity index (χ1v) is 7.66. The van der Waals surface area contributed by atoms with Gasteiger partial charge in [-0.15, -0.1) is 0 Å². The highest BCUT2D eigenvalue weighted by Crippen LogP contribution is 2.46. The van der Waals surface area contributed by atoms with Crippen LogP contribution in [0.4, 0.5) is 0 Å². The molecule has 0 amide bonds. The molecule has 0 saturated carbocycles. The second-order valence-electron chi connectivity index (χ2n) is 5.65. The molecule has 24 heavy (non-hydrogen) atoms. The summed E-state index contributed by atoms with van der Waals surface area (Å²) in [6.07, 6.45) is 1.80. The van der Waals surface area contributed by atoms with Crippen molar-refractivity contribution in [1.29, 1.82) is 5.26 Å². The molecule has 2 N–H and O–H groups in total. The predicted molar refractivity (Wildman–Crippen MR) is 86.1 cm³/mol. The van der Waals surface area contributed by atoms with E-state index in [1.54, 1.807) is 25.3 Å². The fraction of sp³-hybridized carbons (Fsp3) is 0.333. The van der Waals surface area contributed by atoms with Gasteiger partial charge >= 0.3 is 0 Å². The molecule has 2 aliphatic rings. The first-order chi connectivity index (χ1) is 11.6. The highest BCUT2D eigenvalue weighted by Gasteiger charge is 2.39. The Kier molecular flexibility index (Phi) is 4.17. The number of nitrogens with zero attached hydrogens (tertiary/aromatic N) is 1. The maximum Gasteiger partial charge on any atom is 0.205 e. The summed E-state index contributed by atoms with van der Waals surface area (Å²) < 4.78 is 16.2. The van der Waals surface area contributed by atoms with Gasteiger partial charge in [0.25, 0.3) is 0 Å². The summed E-state index contributed by atoms with van der Waals surface area (Å²) >= 11 is 0. The molecular formula is C18H18N2O4. The maximum atomic E-state index is 12.5. The van der Waals surface area contributed by atoms with Crippen molar-refractivity contribution in [3.8, 4) is 17.6 Å². The number of benzene rings is 1. The average Bonchev–Trinajstić information content (AvgIpc) is 2.60. The number of nitriles is 1. The molecule has 6 heteroatoms. The minimum Gasteiger partial charge on any atom is -0.497 e. The van der Waals surface area contributed by atoms with Crippen LogP contribution in [0.1, 0.15) is 30.7 Å². The third kappa shape index (κ3) is 2.48. The van der Waals surface area contributed by atoms with Crippen LogP contribution in [-0.2, 0) is 9.53 Å². The smallest absolute Gasteiger partial charge is 0.205 e. The number of nitrogens with two attached hydrogens (primary N) is 1. The number of ether oxygens (including phenoxy) is 3. The second-order valence-corrected chi connectivity index (χ2v) is 5.65. The SMILES string of the molecule is COc1ccc(C2C(C#N)=C(N)OC3=C2C(=O)CCC3)c(OC)c1. The van der Waals surface area contributed by atoms with Crippen LogP contribution in [-0.4, -0.2) is 20.0 Å². The van der Waals surface area contributed by atoms with Gasteiger partial charge in [0.15, 0.2) is 5.78 Å². The Bertz CT molecular complexity index is 802. The topological polar surface area (TPSA) is 94.6 Å². The first kappa shape index (κ1) is 15.9. The van der Waals surface area contributed by atoms with Gasteiger partial charge in [0, 0.05) is 30.0 Å². The van der Waals surface area contributed by atoms with E-state index >= 15 is 0 Å². The fourth-order valence-corrected chi connectivity index (χ4v) is 3.22. The highest BCUT2D eigenvalue weighted by molar-refractivity contribution is 5.99. The average molecular weight is 326 g/mol. The Labute approximate surface area is 140 Å². The zero-order valence-electron chi connectivity index (χ0n) is 13.6. The van der Waals surface area contributed by atoms with Crippen LogP contribution in [0, 0.1) is 11.3 Å². The molecular weight excluding hydrogens is 308 g/mol. The lowest BCUT2D eigenvalue weighted by molar-refractivity contribution is -0.116. The molecule has 1 aromatic carbocycles. The van der Waals surface area contributed by atoms with Crippen LogP contribution in [0.2, 0.25) is 0 Å². The van der Waals surface area contributed by atoms with Gasteiger partial charge in [0.05, 0.1) is 20.1 Å². The molecule has 124 valence electrons. The van der Waals surface area contributed by atoms with Crippen molar-refractivity contribution >= 4 is 5.78 Å². The Morgan fingerprint density at radius 2 is 2.08 bits per heavy atom. The molecule has 3 rings (SSSR count). The monoisotopic (exact) mass is 326 g/mol. The third-order valence-corrected chi connectivity index (χ3v) is 4.36. The molecule has 1 aliphatic carbocycles. The molecule has 0 radical (unpaired) electrons. The molecule has 6 nitrogen and oxygen atoms in total. The summed E-state index contributed by atoms with van der Waals surface area (Å²) in [7, 11) is 3.10. The zero-order valence-corrected chi connectivity index (χ0v) is 13.6. The number of carbonyl (C=O) groups is 1. The molecule has 1 unspecified atom stereocenters. The normalized spacial score (nSPS) is 20.2. The van der Waals surface area contributed by atoms with E-state index in [0.29, 0.717) is 41.2 Å². The molecule has 1 heterocycles. The quantitative estimate of drug-likeness (QED) is 0.917. The highest BCUT2D eigenvalue weighted by atomic mass is 16.5. The number of rotatable bonds is 3. The van der Waals surface area contributed by atoms with E-state index < -0.39 is 5.92 Å². The summed E-state index contributed by atoms with van der Waals surface area (Å²) in [5.74, 6) is 1.18. The first-order valence-electron chi connectivity index (χ1n) is 7.66. The Hall–Kier alpha value is -2.94. The maximum absolute atomic E-state index is 12.5. The predicted octanol–water partition coefficient (Wildman–Crippen LogP) is 2.52. The van der Waals surface area contributed by atoms with Crippen molar-refractivity contribution in [2.75, 3.05) is 14.2 Å². The largest absolute Gasteiger partial charge is 0.497 e. The lowest BCUT2D eigenvalue weighted by atomic mass is 9.77. The summed E-state index contributed by atoms with van der Waals surface area (Å²) in [4.78, 5) is 12.5. The van der Waals surface area contributed by atoms with Crippen molar-refractivity contribution < 1.29 is 19.0 Å². The van der Waals surface area contributed by atoms with Crippen molar-refractivity contribution in [3.05, 3.63) is 46.6 Å². The van der Waals surface area contributed by atoms with Gasteiger partial charge in [-0.2, -0.15) is 5.26 Å². The van der Waals surface area contributed by atoms with E-state index in [0.717, 1.165) is 6.42 Å². The minimum absolute atomic E-state index is 0.0145. The number of hydrogen-bond acceptors (Lipinski definition) is 6. The van der Waals surface area contributed by atoms with Crippen molar-refractivity contribution in [3.63, 3.8) is 0 Å². The lowest BCUT2D eigenvalue weighted by Crippen LogP contribution is -2.27. The van der Waals surface area contributed by atoms with Gasteiger partial charge in [0.1, 0.15) is 28.9 Å². The van der Waals surface area contributed by atoms with Gasteiger partial charge in [-0.05, 0) is 12.5 Å². The van der Waals surface area contributed by atoms with Crippen LogP contribution in [0.25, 0.3) is 0 Å². The molecule has 0 spiro atoms. The van der Waals surface area contributed by atoms with Gasteiger partial charge < -0.3 is 19.9 Å². The van der Waals surface area contributed by atoms with E-state index in [1.165, 1.54) is 7.11 Å². The minimum atomic E-state index is -0.576. The van der Waals surface area contributed by atoms with Crippen molar-refractivity contribution in [2.24, 2.45) is 5.73 Å². The summed E-state index contributed by atoms with van der Waals surface area (Å²) in [5, 5.41) is 9.57. The van der Waals surface area contributed by atoms with Gasteiger partial charge in [-0.25, -0.2) is 0 Å². The molecule has 1 atom stereocenters. The van der Waals surface area contributed by atoms with Gasteiger partial charge in [0.2, 0.25) is 5.88 Å². The Morgan fingerprint density at radius 1 is 1.29 bits per heavy atom. The van der Waals surface area contributed by atoms with Crippen molar-refractivity contribution in [1.82, 2.24) is 0 Å². The second kappa shape index (κ2) is 6.28. The summed E-state index contributed by atoms with van der Waals surface area (Å²) in [6.45, 7) is 0. The fourth-order valence-electron chi connectivity index (χ4n) is 3.22. The summed E-state index contributed by atoms with van der Waals surface area (Å²) in [6, 6.07) is 7.38. The standard InChI is InChI=1S/C18H18N2O4/c1-22-10-6-7-11(15(8-10)23-2)16-12(9-19)18(20)24-14-5-3-4-13(21)17(14)16/h6-8,16H,3-5,20H2,1-2H3. The molecule has 0 fully saturated rings. The van der Waals surface area contributed by atoms with E-state index in [2.05, 4.69) is 6.07 Å². The lowest BCUT2D eigenvalue weighted by Gasteiger charge is -2.31. The molecule has 0 saturated heterocycles. The number of ketones is 1. The van der Waals surface area contributed by atoms with E-state index in [1.807, 2.05) is 0 Å².